The lowest BCUT2D eigenvalue weighted by Gasteiger charge is -2.36. The maximum absolute atomic E-state index is 13.1. The summed E-state index contributed by atoms with van der Waals surface area (Å²) in [5.74, 6) is 0.0154. The van der Waals surface area contributed by atoms with Gasteiger partial charge in [0.05, 0.1) is 6.04 Å². The highest BCUT2D eigenvalue weighted by atomic mass is 16.1. The Hall–Kier alpha value is -2.85. The molecule has 30 heavy (non-hydrogen) atoms. The van der Waals surface area contributed by atoms with Gasteiger partial charge >= 0.3 is 0 Å². The number of carbonyl (C=O) groups excluding carboxylic acids is 1. The molecule has 1 N–H and O–H groups in total. The van der Waals surface area contributed by atoms with E-state index in [1.807, 2.05) is 13.8 Å². The van der Waals surface area contributed by atoms with Gasteiger partial charge in [-0.2, -0.15) is 0 Å². The number of nitrogens with zero attached hydrogens (tertiary/aromatic N) is 2. The van der Waals surface area contributed by atoms with Crippen molar-refractivity contribution in [1.82, 2.24) is 14.8 Å². The first-order valence-electron chi connectivity index (χ1n) is 10.7. The maximum atomic E-state index is 13.1. The molecule has 1 amide bonds. The molecule has 0 bridgehead atoms. The molecule has 1 aliphatic rings. The fraction of sp³-hybridized carbons (Fsp3) is 0.346. The molecule has 2 heterocycles. The predicted molar refractivity (Wildman–Crippen MR) is 122 cm³/mol. The highest BCUT2D eigenvalue weighted by Crippen LogP contribution is 2.28. The normalized spacial score (nSPS) is 14.9. The predicted octanol–water partition coefficient (Wildman–Crippen LogP) is 4.48. The summed E-state index contributed by atoms with van der Waals surface area (Å²) in [7, 11) is 2.08. The first-order valence-corrected chi connectivity index (χ1v) is 10.7. The lowest BCUT2D eigenvalue weighted by atomic mass is 9.97. The number of carbonyl (C=O) groups is 1. The molecule has 3 aromatic rings. The van der Waals surface area contributed by atoms with Crippen molar-refractivity contribution in [2.45, 2.75) is 39.8 Å². The number of amides is 1. The van der Waals surface area contributed by atoms with E-state index in [0.717, 1.165) is 36.2 Å². The lowest BCUT2D eigenvalue weighted by molar-refractivity contribution is 0.0924. The van der Waals surface area contributed by atoms with E-state index in [-0.39, 0.29) is 11.9 Å². The number of nitrogens with one attached hydrogen (secondary N) is 1. The molecule has 4 rings (SSSR count). The van der Waals surface area contributed by atoms with Crippen LogP contribution in [0.25, 0.3) is 0 Å². The molecular formula is C26H31N3O. The third-order valence-corrected chi connectivity index (χ3v) is 6.29. The van der Waals surface area contributed by atoms with E-state index in [9.17, 15) is 4.79 Å². The van der Waals surface area contributed by atoms with Crippen LogP contribution in [0, 0.1) is 20.8 Å². The molecule has 156 valence electrons. The van der Waals surface area contributed by atoms with Crippen LogP contribution in [0.15, 0.2) is 54.7 Å². The molecule has 1 atom stereocenters. The van der Waals surface area contributed by atoms with Crippen LogP contribution in [-0.2, 0) is 20.0 Å². The highest BCUT2D eigenvalue weighted by molar-refractivity contribution is 5.97. The second kappa shape index (κ2) is 8.49. The van der Waals surface area contributed by atoms with Crippen molar-refractivity contribution in [1.29, 1.82) is 0 Å². The van der Waals surface area contributed by atoms with Gasteiger partial charge < -0.3 is 9.88 Å². The van der Waals surface area contributed by atoms with E-state index in [1.165, 1.54) is 22.4 Å². The van der Waals surface area contributed by atoms with Crippen LogP contribution in [0.5, 0.6) is 0 Å². The summed E-state index contributed by atoms with van der Waals surface area (Å²) in [5, 5.41) is 3.24. The molecule has 0 radical (unpaired) electrons. The third kappa shape index (κ3) is 4.05. The summed E-state index contributed by atoms with van der Waals surface area (Å²) in [4.78, 5) is 15.6. The maximum Gasteiger partial charge on any atom is 0.251 e. The number of rotatable bonds is 5. The third-order valence-electron chi connectivity index (χ3n) is 6.29. The standard InChI is InChI=1S/C26H31N3O/c1-18-14-19(2)25(20(3)15-18)26(30)27-16-24(23-10-7-12-28(23)4)29-13-11-21-8-5-6-9-22(21)17-29/h5-10,12,14-15,24H,11,13,16-17H2,1-4H3,(H,27,30). The summed E-state index contributed by atoms with van der Waals surface area (Å²) >= 11 is 0. The smallest absolute Gasteiger partial charge is 0.251 e. The zero-order valence-corrected chi connectivity index (χ0v) is 18.4. The first-order chi connectivity index (χ1) is 14.4. The SMILES string of the molecule is Cc1cc(C)c(C(=O)NCC(c2cccn2C)N2CCc3ccccc3C2)c(C)c1. The van der Waals surface area contributed by atoms with E-state index in [2.05, 4.69) is 83.5 Å². The Morgan fingerprint density at radius 2 is 1.73 bits per heavy atom. The van der Waals surface area contributed by atoms with Crippen molar-refractivity contribution in [3.05, 3.63) is 93.8 Å². The van der Waals surface area contributed by atoms with Gasteiger partial charge in [0.25, 0.3) is 5.91 Å². The van der Waals surface area contributed by atoms with Gasteiger partial charge in [-0.05, 0) is 61.6 Å². The average molecular weight is 402 g/mol. The van der Waals surface area contributed by atoms with Gasteiger partial charge in [-0.15, -0.1) is 0 Å². The number of hydrogen-bond donors (Lipinski definition) is 1. The van der Waals surface area contributed by atoms with Gasteiger partial charge in [-0.3, -0.25) is 9.69 Å². The molecule has 4 heteroatoms. The van der Waals surface area contributed by atoms with E-state index >= 15 is 0 Å². The van der Waals surface area contributed by atoms with Crippen molar-refractivity contribution < 1.29 is 4.79 Å². The van der Waals surface area contributed by atoms with Gasteiger partial charge in [-0.25, -0.2) is 0 Å². The van der Waals surface area contributed by atoms with E-state index in [1.54, 1.807) is 0 Å². The van der Waals surface area contributed by atoms with Crippen molar-refractivity contribution in [3.8, 4) is 0 Å². The largest absolute Gasteiger partial charge is 0.353 e. The number of aryl methyl sites for hydroxylation is 4. The van der Waals surface area contributed by atoms with Crippen LogP contribution in [0.1, 0.15) is 49.9 Å². The van der Waals surface area contributed by atoms with Crippen molar-refractivity contribution in [2.75, 3.05) is 13.1 Å². The Labute approximate surface area is 179 Å². The van der Waals surface area contributed by atoms with Crippen molar-refractivity contribution in [2.24, 2.45) is 7.05 Å². The van der Waals surface area contributed by atoms with Crippen molar-refractivity contribution in [3.63, 3.8) is 0 Å². The zero-order chi connectivity index (χ0) is 21.3. The lowest BCUT2D eigenvalue weighted by Crippen LogP contribution is -2.41. The van der Waals surface area contributed by atoms with E-state index in [0.29, 0.717) is 6.54 Å². The summed E-state index contributed by atoms with van der Waals surface area (Å²) in [5.41, 5.74) is 8.12. The van der Waals surface area contributed by atoms with Crippen molar-refractivity contribution >= 4 is 5.91 Å². The first kappa shape index (κ1) is 20.4. The minimum absolute atomic E-state index is 0.0154. The molecule has 0 aliphatic carbocycles. The van der Waals surface area contributed by atoms with E-state index in [4.69, 9.17) is 0 Å². The molecule has 1 aromatic heterocycles. The molecule has 2 aromatic carbocycles. The quantitative estimate of drug-likeness (QED) is 0.684. The Bertz CT molecular complexity index is 1040. The molecule has 0 saturated heterocycles. The number of aromatic nitrogens is 1. The van der Waals surface area contributed by atoms with Gasteiger partial charge in [0.1, 0.15) is 0 Å². The summed E-state index contributed by atoms with van der Waals surface area (Å²) in [6.45, 7) is 8.60. The molecule has 1 aliphatic heterocycles. The second-order valence-corrected chi connectivity index (χ2v) is 8.53. The van der Waals surface area contributed by atoms with E-state index < -0.39 is 0 Å². The molecular weight excluding hydrogens is 370 g/mol. The molecule has 0 spiro atoms. The summed E-state index contributed by atoms with van der Waals surface area (Å²) < 4.78 is 2.17. The minimum atomic E-state index is 0.0154. The Morgan fingerprint density at radius 1 is 1.03 bits per heavy atom. The van der Waals surface area contributed by atoms with Crippen LogP contribution in [-0.4, -0.2) is 28.5 Å². The molecule has 0 fully saturated rings. The number of benzene rings is 2. The summed E-state index contributed by atoms with van der Waals surface area (Å²) in [6, 6.07) is 17.2. The Kier molecular flexibility index (Phi) is 5.78. The molecule has 0 saturated carbocycles. The fourth-order valence-corrected chi connectivity index (χ4v) is 4.84. The van der Waals surface area contributed by atoms with Crippen LogP contribution in [0.3, 0.4) is 0 Å². The molecule has 1 unspecified atom stereocenters. The van der Waals surface area contributed by atoms with Gasteiger partial charge in [0.2, 0.25) is 0 Å². The van der Waals surface area contributed by atoms with Crippen LogP contribution < -0.4 is 5.32 Å². The molecule has 4 nitrogen and oxygen atoms in total. The van der Waals surface area contributed by atoms with Gasteiger partial charge in [0.15, 0.2) is 0 Å². The van der Waals surface area contributed by atoms with Crippen LogP contribution in [0.2, 0.25) is 0 Å². The zero-order valence-electron chi connectivity index (χ0n) is 18.4. The Morgan fingerprint density at radius 3 is 2.40 bits per heavy atom. The topological polar surface area (TPSA) is 37.3 Å². The Balaban J connectivity index is 1.56. The average Bonchev–Trinajstić information content (AvgIpc) is 3.13. The van der Waals surface area contributed by atoms with Gasteiger partial charge in [-0.1, -0.05) is 42.0 Å². The number of fused-ring (bicyclic) bond motifs is 1. The fourth-order valence-electron chi connectivity index (χ4n) is 4.84. The number of hydrogen-bond acceptors (Lipinski definition) is 2. The van der Waals surface area contributed by atoms with Gasteiger partial charge in [0, 0.05) is 44.1 Å². The second-order valence-electron chi connectivity index (χ2n) is 8.53. The van der Waals surface area contributed by atoms with Crippen LogP contribution in [0.4, 0.5) is 0 Å². The monoisotopic (exact) mass is 401 g/mol. The van der Waals surface area contributed by atoms with Crippen LogP contribution >= 0.6 is 0 Å². The minimum Gasteiger partial charge on any atom is -0.353 e. The highest BCUT2D eigenvalue weighted by Gasteiger charge is 2.27. The summed E-state index contributed by atoms with van der Waals surface area (Å²) in [6.07, 6.45) is 3.12.